The van der Waals surface area contributed by atoms with E-state index in [1.165, 1.54) is 0 Å². The van der Waals surface area contributed by atoms with Crippen LogP contribution in [0.1, 0.15) is 0 Å². The SMILES string of the molecule is COc1ccc(Nc2nncc(N(C)c3ccccc3)n2)c(OC)c1. The van der Waals surface area contributed by atoms with Gasteiger partial charge in [-0.2, -0.15) is 10.1 Å². The molecule has 1 aromatic heterocycles. The first-order chi connectivity index (χ1) is 12.2. The van der Waals surface area contributed by atoms with Gasteiger partial charge in [-0.05, 0) is 24.3 Å². The zero-order valence-electron chi connectivity index (χ0n) is 14.3. The van der Waals surface area contributed by atoms with Crippen LogP contribution in [0.3, 0.4) is 0 Å². The standard InChI is InChI=1S/C18H19N5O2/c1-23(13-7-5-4-6-8-13)17-12-19-22-18(21-17)20-15-10-9-14(24-2)11-16(15)25-3/h4-12H,1-3H3,(H,20,21,22). The number of para-hydroxylation sites is 1. The summed E-state index contributed by atoms with van der Waals surface area (Å²) in [5, 5.41) is 11.2. The molecule has 3 aromatic rings. The Labute approximate surface area is 146 Å². The normalized spacial score (nSPS) is 10.2. The smallest absolute Gasteiger partial charge is 0.249 e. The van der Waals surface area contributed by atoms with Crippen molar-refractivity contribution in [2.24, 2.45) is 0 Å². The van der Waals surface area contributed by atoms with Crippen molar-refractivity contribution in [2.75, 3.05) is 31.5 Å². The molecule has 2 aromatic carbocycles. The molecule has 0 amide bonds. The summed E-state index contributed by atoms with van der Waals surface area (Å²) in [6, 6.07) is 15.4. The second kappa shape index (κ2) is 7.48. The van der Waals surface area contributed by atoms with Crippen molar-refractivity contribution in [1.82, 2.24) is 15.2 Å². The van der Waals surface area contributed by atoms with Crippen LogP contribution in [-0.4, -0.2) is 36.4 Å². The first kappa shape index (κ1) is 16.5. The molecule has 25 heavy (non-hydrogen) atoms. The van der Waals surface area contributed by atoms with Gasteiger partial charge < -0.3 is 19.7 Å². The Morgan fingerprint density at radius 1 is 1.00 bits per heavy atom. The maximum Gasteiger partial charge on any atom is 0.249 e. The average Bonchev–Trinajstić information content (AvgIpc) is 2.68. The van der Waals surface area contributed by atoms with Gasteiger partial charge in [-0.3, -0.25) is 0 Å². The first-order valence-corrected chi connectivity index (χ1v) is 7.69. The zero-order chi connectivity index (χ0) is 17.6. The monoisotopic (exact) mass is 337 g/mol. The van der Waals surface area contributed by atoms with Gasteiger partial charge in [0.25, 0.3) is 0 Å². The molecular weight excluding hydrogens is 318 g/mol. The van der Waals surface area contributed by atoms with Crippen LogP contribution in [-0.2, 0) is 0 Å². The van der Waals surface area contributed by atoms with Gasteiger partial charge in [-0.1, -0.05) is 18.2 Å². The van der Waals surface area contributed by atoms with Gasteiger partial charge >= 0.3 is 0 Å². The Balaban J connectivity index is 1.85. The van der Waals surface area contributed by atoms with Crippen molar-refractivity contribution in [1.29, 1.82) is 0 Å². The van der Waals surface area contributed by atoms with Crippen LogP contribution in [0.25, 0.3) is 0 Å². The second-order valence-electron chi connectivity index (χ2n) is 5.22. The fourth-order valence-corrected chi connectivity index (χ4v) is 2.32. The minimum Gasteiger partial charge on any atom is -0.497 e. The number of ether oxygens (including phenoxy) is 2. The molecule has 0 spiro atoms. The fraction of sp³-hybridized carbons (Fsp3) is 0.167. The molecule has 0 atom stereocenters. The summed E-state index contributed by atoms with van der Waals surface area (Å²) < 4.78 is 10.6. The van der Waals surface area contributed by atoms with Crippen LogP contribution < -0.4 is 19.7 Å². The molecule has 0 saturated carbocycles. The van der Waals surface area contributed by atoms with E-state index in [1.54, 1.807) is 26.5 Å². The van der Waals surface area contributed by atoms with E-state index in [0.29, 0.717) is 23.3 Å². The van der Waals surface area contributed by atoms with Gasteiger partial charge in [0.1, 0.15) is 11.5 Å². The molecule has 1 heterocycles. The van der Waals surface area contributed by atoms with E-state index >= 15 is 0 Å². The Morgan fingerprint density at radius 2 is 1.80 bits per heavy atom. The van der Waals surface area contributed by atoms with Crippen molar-refractivity contribution in [3.63, 3.8) is 0 Å². The van der Waals surface area contributed by atoms with Gasteiger partial charge in [-0.25, -0.2) is 0 Å². The Morgan fingerprint density at radius 3 is 2.52 bits per heavy atom. The van der Waals surface area contributed by atoms with E-state index in [-0.39, 0.29) is 0 Å². The molecule has 0 fully saturated rings. The highest BCUT2D eigenvalue weighted by molar-refractivity contribution is 5.65. The van der Waals surface area contributed by atoms with Crippen molar-refractivity contribution in [3.8, 4) is 11.5 Å². The Kier molecular flexibility index (Phi) is 4.94. The van der Waals surface area contributed by atoms with Crippen LogP contribution in [0.4, 0.5) is 23.1 Å². The third-order valence-corrected chi connectivity index (χ3v) is 3.69. The number of methoxy groups -OCH3 is 2. The van der Waals surface area contributed by atoms with E-state index in [2.05, 4.69) is 20.5 Å². The first-order valence-electron chi connectivity index (χ1n) is 7.69. The molecule has 128 valence electrons. The number of anilines is 4. The van der Waals surface area contributed by atoms with Gasteiger partial charge in [0.15, 0.2) is 5.82 Å². The summed E-state index contributed by atoms with van der Waals surface area (Å²) >= 11 is 0. The number of nitrogens with one attached hydrogen (secondary N) is 1. The lowest BCUT2D eigenvalue weighted by molar-refractivity contribution is 0.395. The van der Waals surface area contributed by atoms with Crippen LogP contribution in [0.15, 0.2) is 54.7 Å². The van der Waals surface area contributed by atoms with Gasteiger partial charge in [-0.15, -0.1) is 5.10 Å². The average molecular weight is 337 g/mol. The molecular formula is C18H19N5O2. The number of hydrogen-bond donors (Lipinski definition) is 1. The van der Waals surface area contributed by atoms with Crippen LogP contribution in [0.5, 0.6) is 11.5 Å². The second-order valence-corrected chi connectivity index (χ2v) is 5.22. The van der Waals surface area contributed by atoms with Crippen LogP contribution in [0.2, 0.25) is 0 Å². The summed E-state index contributed by atoms with van der Waals surface area (Å²) in [5.41, 5.74) is 1.74. The maximum absolute atomic E-state index is 5.38. The van der Waals surface area contributed by atoms with E-state index in [9.17, 15) is 0 Å². The molecule has 0 aliphatic heterocycles. The molecule has 1 N–H and O–H groups in total. The molecule has 3 rings (SSSR count). The quantitative estimate of drug-likeness (QED) is 0.739. The van der Waals surface area contributed by atoms with Crippen molar-refractivity contribution in [3.05, 3.63) is 54.7 Å². The highest BCUT2D eigenvalue weighted by Gasteiger charge is 2.10. The molecule has 7 nitrogen and oxygen atoms in total. The number of aromatic nitrogens is 3. The highest BCUT2D eigenvalue weighted by atomic mass is 16.5. The maximum atomic E-state index is 5.38. The van der Waals surface area contributed by atoms with E-state index in [4.69, 9.17) is 9.47 Å². The summed E-state index contributed by atoms with van der Waals surface area (Å²) in [6.45, 7) is 0. The van der Waals surface area contributed by atoms with E-state index < -0.39 is 0 Å². The summed E-state index contributed by atoms with van der Waals surface area (Å²) in [7, 11) is 5.13. The molecule has 7 heteroatoms. The minimum absolute atomic E-state index is 0.378. The lowest BCUT2D eigenvalue weighted by atomic mass is 10.2. The van der Waals surface area contributed by atoms with E-state index in [1.807, 2.05) is 54.4 Å². The molecule has 0 bridgehead atoms. The largest absolute Gasteiger partial charge is 0.497 e. The van der Waals surface area contributed by atoms with Gasteiger partial charge in [0.05, 0.1) is 26.1 Å². The Bertz CT molecular complexity index is 842. The Hall–Kier alpha value is -3.35. The number of benzene rings is 2. The number of hydrogen-bond acceptors (Lipinski definition) is 7. The zero-order valence-corrected chi connectivity index (χ0v) is 14.3. The van der Waals surface area contributed by atoms with Gasteiger partial charge in [0, 0.05) is 18.8 Å². The lowest BCUT2D eigenvalue weighted by Crippen LogP contribution is -2.13. The minimum atomic E-state index is 0.378. The molecule has 0 saturated heterocycles. The highest BCUT2D eigenvalue weighted by Crippen LogP contribution is 2.31. The van der Waals surface area contributed by atoms with Crippen molar-refractivity contribution >= 4 is 23.1 Å². The molecule has 0 unspecified atom stereocenters. The van der Waals surface area contributed by atoms with Crippen LogP contribution >= 0.6 is 0 Å². The predicted octanol–water partition coefficient (Wildman–Crippen LogP) is 3.40. The molecule has 0 aliphatic rings. The molecule has 0 aliphatic carbocycles. The topological polar surface area (TPSA) is 72.4 Å². The third kappa shape index (κ3) is 3.77. The molecule has 0 radical (unpaired) electrons. The fourth-order valence-electron chi connectivity index (χ4n) is 2.32. The number of rotatable bonds is 6. The lowest BCUT2D eigenvalue weighted by Gasteiger charge is -2.18. The predicted molar refractivity (Wildman–Crippen MR) is 97.2 cm³/mol. The van der Waals surface area contributed by atoms with Crippen molar-refractivity contribution in [2.45, 2.75) is 0 Å². The van der Waals surface area contributed by atoms with Crippen LogP contribution in [0, 0.1) is 0 Å². The number of nitrogens with zero attached hydrogens (tertiary/aromatic N) is 4. The van der Waals surface area contributed by atoms with E-state index in [0.717, 1.165) is 11.4 Å². The third-order valence-electron chi connectivity index (χ3n) is 3.69. The summed E-state index contributed by atoms with van der Waals surface area (Å²) in [4.78, 5) is 6.45. The van der Waals surface area contributed by atoms with Crippen molar-refractivity contribution < 1.29 is 9.47 Å². The summed E-state index contributed by atoms with van der Waals surface area (Å²) in [6.07, 6.45) is 1.61. The summed E-state index contributed by atoms with van der Waals surface area (Å²) in [5.74, 6) is 2.39. The van der Waals surface area contributed by atoms with Gasteiger partial charge in [0.2, 0.25) is 5.95 Å².